The molecule has 0 fully saturated rings. The van der Waals surface area contributed by atoms with Crippen LogP contribution in [-0.2, 0) is 20.3 Å². The number of benzene rings is 2. The SMILES string of the molecule is CS(=O)c1ccc(/C=C2\c3ccc(F)cc3C3=CC(=O)OC32C)cc1. The lowest BCUT2D eigenvalue weighted by Crippen LogP contribution is -2.24. The summed E-state index contributed by atoms with van der Waals surface area (Å²) in [6.45, 7) is 1.82. The van der Waals surface area contributed by atoms with Crippen LogP contribution in [0.2, 0.25) is 0 Å². The van der Waals surface area contributed by atoms with Crippen LogP contribution in [0.25, 0.3) is 17.2 Å². The van der Waals surface area contributed by atoms with Crippen LogP contribution in [0.4, 0.5) is 4.39 Å². The van der Waals surface area contributed by atoms with E-state index in [1.54, 1.807) is 12.3 Å². The lowest BCUT2D eigenvalue weighted by atomic mass is 9.92. The molecule has 3 nitrogen and oxygen atoms in total. The highest BCUT2D eigenvalue weighted by Crippen LogP contribution is 2.53. The molecule has 2 unspecified atom stereocenters. The van der Waals surface area contributed by atoms with E-state index in [2.05, 4.69) is 0 Å². The molecule has 0 bridgehead atoms. The molecule has 2 aromatic carbocycles. The van der Waals surface area contributed by atoms with Crippen molar-refractivity contribution in [2.75, 3.05) is 6.26 Å². The number of halogens is 1. The fraction of sp³-hybridized carbons (Fsp3) is 0.150. The standard InChI is InChI=1S/C20H15FO3S/c1-20-17(9-12-3-6-14(7-4-12)25(2)23)15-8-5-13(21)10-16(15)18(20)11-19(22)24-20/h3-11H,1-2H3/b17-9+. The van der Waals surface area contributed by atoms with Gasteiger partial charge in [-0.25, -0.2) is 9.18 Å². The van der Waals surface area contributed by atoms with Crippen molar-refractivity contribution in [3.05, 3.63) is 71.0 Å². The van der Waals surface area contributed by atoms with Gasteiger partial charge >= 0.3 is 5.97 Å². The van der Waals surface area contributed by atoms with Crippen molar-refractivity contribution >= 4 is 34.0 Å². The molecular formula is C20H15FO3S. The van der Waals surface area contributed by atoms with Crippen LogP contribution in [0.15, 0.2) is 53.4 Å². The van der Waals surface area contributed by atoms with Crippen molar-refractivity contribution in [3.8, 4) is 0 Å². The van der Waals surface area contributed by atoms with Crippen molar-refractivity contribution in [2.45, 2.75) is 17.4 Å². The van der Waals surface area contributed by atoms with E-state index in [-0.39, 0.29) is 5.82 Å². The Morgan fingerprint density at radius 1 is 1.12 bits per heavy atom. The van der Waals surface area contributed by atoms with Crippen LogP contribution in [0.1, 0.15) is 23.6 Å². The van der Waals surface area contributed by atoms with Gasteiger partial charge in [0.2, 0.25) is 0 Å². The number of carbonyl (C=O) groups excluding carboxylic acids is 1. The molecule has 0 N–H and O–H groups in total. The summed E-state index contributed by atoms with van der Waals surface area (Å²) in [6.07, 6.45) is 4.99. The molecule has 0 radical (unpaired) electrons. The largest absolute Gasteiger partial charge is 0.446 e. The Labute approximate surface area is 147 Å². The normalized spacial score (nSPS) is 23.9. The van der Waals surface area contributed by atoms with Crippen LogP contribution >= 0.6 is 0 Å². The monoisotopic (exact) mass is 354 g/mol. The number of hydrogen-bond acceptors (Lipinski definition) is 3. The molecule has 0 amide bonds. The van der Waals surface area contributed by atoms with Gasteiger partial charge in [0.25, 0.3) is 0 Å². The van der Waals surface area contributed by atoms with E-state index in [4.69, 9.17) is 4.74 Å². The van der Waals surface area contributed by atoms with Crippen molar-refractivity contribution in [3.63, 3.8) is 0 Å². The molecule has 1 aliphatic heterocycles. The third-order valence-electron chi connectivity index (χ3n) is 4.68. The van der Waals surface area contributed by atoms with E-state index >= 15 is 0 Å². The van der Waals surface area contributed by atoms with Gasteiger partial charge in [0, 0.05) is 39.2 Å². The van der Waals surface area contributed by atoms with Gasteiger partial charge < -0.3 is 4.74 Å². The minimum atomic E-state index is -1.04. The summed E-state index contributed by atoms with van der Waals surface area (Å²) in [5.74, 6) is -0.771. The van der Waals surface area contributed by atoms with Crippen LogP contribution in [0.5, 0.6) is 0 Å². The third kappa shape index (κ3) is 2.46. The molecule has 5 heteroatoms. The quantitative estimate of drug-likeness (QED) is 0.770. The Morgan fingerprint density at radius 3 is 2.52 bits per heavy atom. The Balaban J connectivity index is 1.88. The topological polar surface area (TPSA) is 43.4 Å². The van der Waals surface area contributed by atoms with Crippen molar-refractivity contribution in [1.82, 2.24) is 0 Å². The molecule has 126 valence electrons. The summed E-state index contributed by atoms with van der Waals surface area (Å²) >= 11 is 0. The van der Waals surface area contributed by atoms with E-state index in [1.807, 2.05) is 37.3 Å². The van der Waals surface area contributed by atoms with Gasteiger partial charge in [-0.05, 0) is 54.0 Å². The maximum absolute atomic E-state index is 13.7. The zero-order valence-corrected chi connectivity index (χ0v) is 14.5. The molecule has 1 aliphatic carbocycles. The highest BCUT2D eigenvalue weighted by atomic mass is 32.2. The average Bonchev–Trinajstić information content (AvgIpc) is 2.98. The number of carbonyl (C=O) groups is 1. The first-order chi connectivity index (χ1) is 11.9. The van der Waals surface area contributed by atoms with Crippen molar-refractivity contribution < 1.29 is 18.1 Å². The van der Waals surface area contributed by atoms with Gasteiger partial charge in [-0.2, -0.15) is 0 Å². The molecule has 4 rings (SSSR count). The summed E-state index contributed by atoms with van der Waals surface area (Å²) in [7, 11) is -1.04. The lowest BCUT2D eigenvalue weighted by molar-refractivity contribution is -0.140. The van der Waals surface area contributed by atoms with E-state index < -0.39 is 22.4 Å². The van der Waals surface area contributed by atoms with E-state index in [9.17, 15) is 13.4 Å². The molecule has 0 spiro atoms. The van der Waals surface area contributed by atoms with Crippen LogP contribution in [0, 0.1) is 5.82 Å². The first kappa shape index (κ1) is 16.0. The predicted molar refractivity (Wildman–Crippen MR) is 95.5 cm³/mol. The maximum Gasteiger partial charge on any atom is 0.332 e. The minimum Gasteiger partial charge on any atom is -0.446 e. The number of fused-ring (bicyclic) bond motifs is 3. The van der Waals surface area contributed by atoms with Crippen LogP contribution < -0.4 is 0 Å². The summed E-state index contributed by atoms with van der Waals surface area (Å²) in [5, 5.41) is 0. The second kappa shape index (κ2) is 5.49. The van der Waals surface area contributed by atoms with Crippen LogP contribution in [-0.4, -0.2) is 22.0 Å². The van der Waals surface area contributed by atoms with Crippen molar-refractivity contribution in [1.29, 1.82) is 0 Å². The van der Waals surface area contributed by atoms with Crippen LogP contribution in [0.3, 0.4) is 0 Å². The Kier molecular flexibility index (Phi) is 3.51. The van der Waals surface area contributed by atoms with Gasteiger partial charge in [0.1, 0.15) is 5.82 Å². The summed E-state index contributed by atoms with van der Waals surface area (Å²) in [5.41, 5.74) is 3.01. The second-order valence-corrected chi connectivity index (χ2v) is 7.66. The molecule has 2 aliphatic rings. The zero-order chi connectivity index (χ0) is 17.8. The molecule has 0 saturated carbocycles. The second-order valence-electron chi connectivity index (χ2n) is 6.28. The molecule has 0 saturated heterocycles. The van der Waals surface area contributed by atoms with Gasteiger partial charge in [0.15, 0.2) is 5.60 Å². The molecule has 2 atom stereocenters. The highest BCUT2D eigenvalue weighted by Gasteiger charge is 2.49. The van der Waals surface area contributed by atoms with Gasteiger partial charge in [-0.1, -0.05) is 18.2 Å². The predicted octanol–water partition coefficient (Wildman–Crippen LogP) is 3.82. The number of ether oxygens (including phenoxy) is 1. The zero-order valence-electron chi connectivity index (χ0n) is 13.7. The molecule has 25 heavy (non-hydrogen) atoms. The summed E-state index contributed by atoms with van der Waals surface area (Å²) < 4.78 is 30.8. The Hall–Kier alpha value is -2.53. The Morgan fingerprint density at radius 2 is 1.84 bits per heavy atom. The fourth-order valence-electron chi connectivity index (χ4n) is 3.44. The lowest BCUT2D eigenvalue weighted by Gasteiger charge is -2.23. The first-order valence-corrected chi connectivity index (χ1v) is 9.35. The first-order valence-electron chi connectivity index (χ1n) is 7.79. The number of hydrogen-bond donors (Lipinski definition) is 0. The smallest absolute Gasteiger partial charge is 0.332 e. The molecule has 0 aromatic heterocycles. The van der Waals surface area contributed by atoms with Crippen molar-refractivity contribution in [2.24, 2.45) is 0 Å². The number of rotatable bonds is 2. The Bertz CT molecular complexity index is 989. The molecule has 1 heterocycles. The minimum absolute atomic E-state index is 0.350. The average molecular weight is 354 g/mol. The van der Waals surface area contributed by atoms with Gasteiger partial charge in [0.05, 0.1) is 0 Å². The number of esters is 1. The maximum atomic E-state index is 13.7. The van der Waals surface area contributed by atoms with E-state index in [0.717, 1.165) is 21.6 Å². The summed E-state index contributed by atoms with van der Waals surface area (Å²) in [6, 6.07) is 11.9. The highest BCUT2D eigenvalue weighted by molar-refractivity contribution is 7.84. The van der Waals surface area contributed by atoms with Gasteiger partial charge in [-0.3, -0.25) is 4.21 Å². The van der Waals surface area contributed by atoms with Gasteiger partial charge in [-0.15, -0.1) is 0 Å². The molecule has 2 aromatic rings. The van der Waals surface area contributed by atoms with E-state index in [1.165, 1.54) is 18.2 Å². The third-order valence-corrected chi connectivity index (χ3v) is 5.62. The fourth-order valence-corrected chi connectivity index (χ4v) is 3.96. The van der Waals surface area contributed by atoms with E-state index in [0.29, 0.717) is 11.1 Å². The summed E-state index contributed by atoms with van der Waals surface area (Å²) in [4.78, 5) is 12.6. The molecular weight excluding hydrogens is 339 g/mol.